The minimum atomic E-state index is -0.222. The Bertz CT molecular complexity index is 1050. The van der Waals surface area contributed by atoms with Crippen LogP contribution in [0.15, 0.2) is 53.5 Å². The zero-order valence-electron chi connectivity index (χ0n) is 15.9. The van der Waals surface area contributed by atoms with Crippen molar-refractivity contribution in [3.63, 3.8) is 0 Å². The highest BCUT2D eigenvalue weighted by Gasteiger charge is 2.18. The van der Waals surface area contributed by atoms with Crippen molar-refractivity contribution in [3.8, 4) is 0 Å². The Morgan fingerprint density at radius 3 is 2.86 bits per heavy atom. The van der Waals surface area contributed by atoms with Gasteiger partial charge in [0.2, 0.25) is 0 Å². The van der Waals surface area contributed by atoms with E-state index < -0.39 is 0 Å². The summed E-state index contributed by atoms with van der Waals surface area (Å²) >= 11 is 0. The number of pyridine rings is 2. The second-order valence-corrected chi connectivity index (χ2v) is 7.13. The summed E-state index contributed by atoms with van der Waals surface area (Å²) in [6.07, 6.45) is 3.81. The number of aromatic nitrogens is 2. The van der Waals surface area contributed by atoms with Crippen molar-refractivity contribution in [2.24, 2.45) is 0 Å². The zero-order valence-corrected chi connectivity index (χ0v) is 15.9. The maximum atomic E-state index is 13.0. The van der Waals surface area contributed by atoms with Gasteiger partial charge >= 0.3 is 0 Å². The Morgan fingerprint density at radius 2 is 2.11 bits per heavy atom. The average Bonchev–Trinajstić information content (AvgIpc) is 3.22. The van der Waals surface area contributed by atoms with Gasteiger partial charge in [-0.1, -0.05) is 30.3 Å². The molecule has 6 heteroatoms. The Morgan fingerprint density at radius 1 is 1.29 bits per heavy atom. The van der Waals surface area contributed by atoms with Crippen LogP contribution in [0.3, 0.4) is 0 Å². The Kier molecular flexibility index (Phi) is 5.21. The van der Waals surface area contributed by atoms with Gasteiger partial charge in [-0.05, 0) is 37.5 Å². The number of rotatable bonds is 5. The lowest BCUT2D eigenvalue weighted by molar-refractivity contribution is 0.0857. The molecule has 1 N–H and O–H groups in total. The molecule has 1 atom stereocenters. The number of carbonyl (C=O) groups excluding carboxylic acids is 1. The van der Waals surface area contributed by atoms with Gasteiger partial charge in [-0.2, -0.15) is 0 Å². The van der Waals surface area contributed by atoms with Crippen molar-refractivity contribution in [2.75, 3.05) is 13.2 Å². The number of aryl methyl sites for hydroxylation is 1. The number of nitrogens with zero attached hydrogens (tertiary/aromatic N) is 2. The van der Waals surface area contributed by atoms with Crippen LogP contribution >= 0.6 is 0 Å². The topological polar surface area (TPSA) is 73.2 Å². The minimum Gasteiger partial charge on any atom is -0.376 e. The van der Waals surface area contributed by atoms with Crippen LogP contribution in [0.5, 0.6) is 0 Å². The van der Waals surface area contributed by atoms with E-state index in [0.717, 1.165) is 25.0 Å². The Hall–Kier alpha value is -2.99. The van der Waals surface area contributed by atoms with Crippen LogP contribution < -0.4 is 10.9 Å². The van der Waals surface area contributed by atoms with Gasteiger partial charge in [-0.3, -0.25) is 14.6 Å². The van der Waals surface area contributed by atoms with Crippen LogP contribution in [0.1, 0.15) is 34.5 Å². The summed E-state index contributed by atoms with van der Waals surface area (Å²) in [5.74, 6) is -0.222. The molecular weight excluding hydrogens is 354 g/mol. The van der Waals surface area contributed by atoms with E-state index in [1.165, 1.54) is 0 Å². The fraction of sp³-hybridized carbons (Fsp3) is 0.318. The van der Waals surface area contributed by atoms with Crippen molar-refractivity contribution in [1.82, 2.24) is 14.9 Å². The quantitative estimate of drug-likeness (QED) is 0.742. The van der Waals surface area contributed by atoms with Gasteiger partial charge in [0.25, 0.3) is 11.5 Å². The predicted molar refractivity (Wildman–Crippen MR) is 108 cm³/mol. The van der Waals surface area contributed by atoms with Gasteiger partial charge in [0.1, 0.15) is 0 Å². The number of nitrogens with one attached hydrogen (secondary N) is 1. The van der Waals surface area contributed by atoms with Crippen LogP contribution in [-0.2, 0) is 11.3 Å². The molecule has 28 heavy (non-hydrogen) atoms. The number of ether oxygens (including phenoxy) is 1. The lowest BCUT2D eigenvalue weighted by atomic mass is 10.1. The maximum Gasteiger partial charge on any atom is 0.260 e. The summed E-state index contributed by atoms with van der Waals surface area (Å²) in [6.45, 7) is 3.49. The van der Waals surface area contributed by atoms with E-state index in [-0.39, 0.29) is 17.6 Å². The molecule has 1 aliphatic rings. The van der Waals surface area contributed by atoms with E-state index in [2.05, 4.69) is 10.3 Å². The third kappa shape index (κ3) is 3.82. The molecule has 144 valence electrons. The molecule has 6 nitrogen and oxygen atoms in total. The molecule has 2 aromatic heterocycles. The van der Waals surface area contributed by atoms with Gasteiger partial charge in [-0.25, -0.2) is 0 Å². The first kappa shape index (κ1) is 18.4. The van der Waals surface area contributed by atoms with Crippen molar-refractivity contribution in [2.45, 2.75) is 32.4 Å². The highest BCUT2D eigenvalue weighted by Crippen LogP contribution is 2.15. The smallest absolute Gasteiger partial charge is 0.260 e. The van der Waals surface area contributed by atoms with Crippen molar-refractivity contribution < 1.29 is 9.53 Å². The first-order valence-corrected chi connectivity index (χ1v) is 9.56. The van der Waals surface area contributed by atoms with Crippen molar-refractivity contribution in [3.05, 3.63) is 75.8 Å². The molecule has 0 radical (unpaired) electrons. The van der Waals surface area contributed by atoms with Gasteiger partial charge in [-0.15, -0.1) is 0 Å². The lowest BCUT2D eigenvalue weighted by Crippen LogP contribution is -2.32. The molecule has 1 amide bonds. The molecule has 0 bridgehead atoms. The zero-order chi connectivity index (χ0) is 19.5. The normalized spacial score (nSPS) is 16.4. The summed E-state index contributed by atoms with van der Waals surface area (Å²) in [4.78, 5) is 30.1. The number of hydrogen-bond donors (Lipinski definition) is 1. The second-order valence-electron chi connectivity index (χ2n) is 7.13. The van der Waals surface area contributed by atoms with Crippen molar-refractivity contribution in [1.29, 1.82) is 0 Å². The highest BCUT2D eigenvalue weighted by molar-refractivity contribution is 5.98. The van der Waals surface area contributed by atoms with Gasteiger partial charge < -0.3 is 14.6 Å². The van der Waals surface area contributed by atoms with Crippen molar-refractivity contribution >= 4 is 16.8 Å². The monoisotopic (exact) mass is 377 g/mol. The van der Waals surface area contributed by atoms with Gasteiger partial charge in [0, 0.05) is 19.3 Å². The van der Waals surface area contributed by atoms with E-state index in [9.17, 15) is 9.59 Å². The van der Waals surface area contributed by atoms with Crippen LogP contribution in [-0.4, -0.2) is 34.7 Å². The molecule has 4 rings (SSSR count). The average molecular weight is 377 g/mol. The predicted octanol–water partition coefficient (Wildman–Crippen LogP) is 2.66. The largest absolute Gasteiger partial charge is 0.376 e. The van der Waals surface area contributed by atoms with Crippen LogP contribution in [0.4, 0.5) is 0 Å². The van der Waals surface area contributed by atoms with Crippen LogP contribution in [0.25, 0.3) is 10.9 Å². The number of amides is 1. The number of hydrogen-bond acceptors (Lipinski definition) is 4. The number of benzene rings is 1. The molecule has 1 aliphatic heterocycles. The van der Waals surface area contributed by atoms with Crippen LogP contribution in [0.2, 0.25) is 0 Å². The second kappa shape index (κ2) is 7.94. The highest BCUT2D eigenvalue weighted by atomic mass is 16.5. The fourth-order valence-electron chi connectivity index (χ4n) is 3.55. The first-order valence-electron chi connectivity index (χ1n) is 9.56. The maximum absolute atomic E-state index is 13.0. The SMILES string of the molecule is Cc1nc2ccn(Cc3ccccc3)c(=O)c2cc1C(=O)NCC1CCCO1. The van der Waals surface area contributed by atoms with Crippen LogP contribution in [0, 0.1) is 6.92 Å². The van der Waals surface area contributed by atoms with Gasteiger partial charge in [0.15, 0.2) is 0 Å². The molecule has 0 spiro atoms. The molecule has 0 aliphatic carbocycles. The Labute approximate surface area is 163 Å². The molecule has 3 aromatic rings. The van der Waals surface area contributed by atoms with E-state index in [4.69, 9.17) is 4.74 Å². The van der Waals surface area contributed by atoms with E-state index in [1.54, 1.807) is 23.8 Å². The molecule has 0 saturated carbocycles. The Balaban J connectivity index is 1.62. The fourth-order valence-corrected chi connectivity index (χ4v) is 3.55. The minimum absolute atomic E-state index is 0.0702. The third-order valence-corrected chi connectivity index (χ3v) is 5.10. The summed E-state index contributed by atoms with van der Waals surface area (Å²) < 4.78 is 7.19. The van der Waals surface area contributed by atoms with E-state index >= 15 is 0 Å². The summed E-state index contributed by atoms with van der Waals surface area (Å²) in [5, 5.41) is 3.36. The summed E-state index contributed by atoms with van der Waals surface area (Å²) in [7, 11) is 0. The van der Waals surface area contributed by atoms with E-state index in [1.807, 2.05) is 36.4 Å². The molecule has 1 fully saturated rings. The summed E-state index contributed by atoms with van der Waals surface area (Å²) in [5.41, 5.74) is 2.53. The standard InChI is InChI=1S/C22H23N3O3/c1-15-18(21(26)23-13-17-8-5-11-28-17)12-19-20(24-15)9-10-25(22(19)27)14-16-6-3-2-4-7-16/h2-4,6-7,9-10,12,17H,5,8,11,13-14H2,1H3,(H,23,26). The van der Waals surface area contributed by atoms with E-state index in [0.29, 0.717) is 35.2 Å². The molecule has 3 heterocycles. The lowest BCUT2D eigenvalue weighted by Gasteiger charge is -2.13. The summed E-state index contributed by atoms with van der Waals surface area (Å²) in [6, 6.07) is 13.3. The molecule has 1 saturated heterocycles. The number of fused-ring (bicyclic) bond motifs is 1. The molecule has 1 unspecified atom stereocenters. The van der Waals surface area contributed by atoms with Gasteiger partial charge in [0.05, 0.1) is 34.8 Å². The number of carbonyl (C=O) groups is 1. The molecule has 1 aromatic carbocycles. The third-order valence-electron chi connectivity index (χ3n) is 5.10. The first-order chi connectivity index (χ1) is 13.6. The molecular formula is C22H23N3O3.